The predicted molar refractivity (Wildman–Crippen MR) is 87.4 cm³/mol. The highest BCUT2D eigenvalue weighted by molar-refractivity contribution is 6.74. The molecule has 0 aromatic heterocycles. The molecule has 2 amide bonds. The Morgan fingerprint density at radius 1 is 1.09 bits per heavy atom. The maximum atomic E-state index is 12.5. The van der Waals surface area contributed by atoms with E-state index in [2.05, 4.69) is 33.9 Å². The fourth-order valence-corrected chi connectivity index (χ4v) is 3.99. The highest BCUT2D eigenvalue weighted by Gasteiger charge is 2.54. The molecule has 1 aromatic rings. The number of carbonyl (C=O) groups excluding carboxylic acids is 2. The largest absolute Gasteiger partial charge is 0.412 e. The van der Waals surface area contributed by atoms with E-state index in [0.29, 0.717) is 11.1 Å². The summed E-state index contributed by atoms with van der Waals surface area (Å²) in [4.78, 5) is 26.3. The molecule has 1 saturated carbocycles. The Morgan fingerprint density at radius 3 is 2.05 bits per heavy atom. The minimum atomic E-state index is -1.87. The molecule has 1 fully saturated rings. The average Bonchev–Trinajstić information content (AvgIpc) is 3.09. The van der Waals surface area contributed by atoms with Crippen LogP contribution in [0, 0.1) is 0 Å². The smallest absolute Gasteiger partial charge is 0.261 e. The Balaban J connectivity index is 1.74. The minimum Gasteiger partial charge on any atom is -0.412 e. The first-order valence-electron chi connectivity index (χ1n) is 7.78. The SMILES string of the molecule is CC(C)(C)[Si](C)(C)O[C@@H]1C[C@@H]1N1C(=O)c2ccccc2C1=O. The molecular formula is C17H23NO3Si. The number of nitrogens with zero attached hydrogens (tertiary/aromatic N) is 1. The van der Waals surface area contributed by atoms with E-state index in [1.165, 1.54) is 4.90 Å². The molecule has 2 atom stereocenters. The van der Waals surface area contributed by atoms with Gasteiger partial charge < -0.3 is 4.43 Å². The van der Waals surface area contributed by atoms with Gasteiger partial charge in [0.2, 0.25) is 0 Å². The maximum absolute atomic E-state index is 12.5. The second kappa shape index (κ2) is 4.76. The van der Waals surface area contributed by atoms with Gasteiger partial charge in [0.15, 0.2) is 8.32 Å². The fourth-order valence-electron chi connectivity index (χ4n) is 2.62. The van der Waals surface area contributed by atoms with E-state index in [4.69, 9.17) is 4.43 Å². The first-order chi connectivity index (χ1) is 10.1. The topological polar surface area (TPSA) is 46.6 Å². The third-order valence-corrected chi connectivity index (χ3v) is 9.61. The number of fused-ring (bicyclic) bond motifs is 1. The standard InChI is InChI=1S/C17H23NO3Si/c1-17(2,3)22(4,5)21-14-10-13(14)18-15(19)11-8-6-7-9-12(11)16(18)20/h6-9,13-14H,10H2,1-5H3/t13-,14+/m0/s1. The third-order valence-electron chi connectivity index (χ3n) is 5.11. The van der Waals surface area contributed by atoms with E-state index >= 15 is 0 Å². The lowest BCUT2D eigenvalue weighted by Gasteiger charge is -2.36. The molecule has 0 saturated heterocycles. The summed E-state index contributed by atoms with van der Waals surface area (Å²) in [7, 11) is -1.87. The second-order valence-electron chi connectivity index (χ2n) is 7.75. The zero-order valence-corrected chi connectivity index (χ0v) is 14.8. The van der Waals surface area contributed by atoms with Crippen LogP contribution in [0.5, 0.6) is 0 Å². The van der Waals surface area contributed by atoms with Gasteiger partial charge in [0, 0.05) is 0 Å². The van der Waals surface area contributed by atoms with Crippen LogP contribution in [0.3, 0.4) is 0 Å². The van der Waals surface area contributed by atoms with Gasteiger partial charge in [-0.2, -0.15) is 0 Å². The molecule has 0 bridgehead atoms. The highest BCUT2D eigenvalue weighted by Crippen LogP contribution is 2.44. The van der Waals surface area contributed by atoms with Gasteiger partial charge in [0.25, 0.3) is 11.8 Å². The predicted octanol–water partition coefficient (Wildman–Crippen LogP) is 3.45. The van der Waals surface area contributed by atoms with Crippen molar-refractivity contribution in [2.24, 2.45) is 0 Å². The third kappa shape index (κ3) is 2.32. The number of carbonyl (C=O) groups is 2. The lowest BCUT2D eigenvalue weighted by molar-refractivity contribution is 0.0616. The van der Waals surface area contributed by atoms with Gasteiger partial charge in [-0.25, -0.2) is 0 Å². The average molecular weight is 317 g/mol. The maximum Gasteiger partial charge on any atom is 0.261 e. The summed E-state index contributed by atoms with van der Waals surface area (Å²) in [5.41, 5.74) is 1.04. The monoisotopic (exact) mass is 317 g/mol. The zero-order valence-electron chi connectivity index (χ0n) is 13.8. The van der Waals surface area contributed by atoms with Gasteiger partial charge in [-0.05, 0) is 36.7 Å². The van der Waals surface area contributed by atoms with Crippen molar-refractivity contribution in [3.63, 3.8) is 0 Å². The molecule has 0 unspecified atom stereocenters. The van der Waals surface area contributed by atoms with Crippen molar-refractivity contribution in [2.45, 2.75) is 57.5 Å². The second-order valence-corrected chi connectivity index (χ2v) is 12.5. The van der Waals surface area contributed by atoms with Gasteiger partial charge in [0.05, 0.1) is 23.3 Å². The van der Waals surface area contributed by atoms with Crippen LogP contribution in [0.2, 0.25) is 18.1 Å². The quantitative estimate of drug-likeness (QED) is 0.634. The zero-order chi connectivity index (χ0) is 16.3. The first kappa shape index (κ1) is 15.4. The van der Waals surface area contributed by atoms with E-state index in [1.54, 1.807) is 24.3 Å². The summed E-state index contributed by atoms with van der Waals surface area (Å²) in [6, 6.07) is 6.94. The van der Waals surface area contributed by atoms with E-state index in [-0.39, 0.29) is 29.0 Å². The van der Waals surface area contributed by atoms with Crippen LogP contribution < -0.4 is 0 Å². The molecular weight excluding hydrogens is 294 g/mol. The summed E-state index contributed by atoms with van der Waals surface area (Å²) < 4.78 is 6.33. The molecule has 2 aliphatic rings. The number of amides is 2. The van der Waals surface area contributed by atoms with E-state index < -0.39 is 8.32 Å². The van der Waals surface area contributed by atoms with E-state index in [1.807, 2.05) is 0 Å². The molecule has 1 heterocycles. The normalized spacial score (nSPS) is 24.7. The lowest BCUT2D eigenvalue weighted by atomic mass is 10.1. The first-order valence-corrected chi connectivity index (χ1v) is 10.7. The van der Waals surface area contributed by atoms with Gasteiger partial charge in [-0.3, -0.25) is 14.5 Å². The van der Waals surface area contributed by atoms with Crippen LogP contribution in [0.4, 0.5) is 0 Å². The molecule has 118 valence electrons. The number of hydrogen-bond acceptors (Lipinski definition) is 3. The van der Waals surface area contributed by atoms with Gasteiger partial charge >= 0.3 is 0 Å². The van der Waals surface area contributed by atoms with Crippen molar-refractivity contribution >= 4 is 20.1 Å². The number of imide groups is 1. The Kier molecular flexibility index (Phi) is 3.34. The molecule has 22 heavy (non-hydrogen) atoms. The number of rotatable bonds is 3. The van der Waals surface area contributed by atoms with E-state index in [0.717, 1.165) is 6.42 Å². The summed E-state index contributed by atoms with van der Waals surface area (Å²) in [6.07, 6.45) is 0.765. The Morgan fingerprint density at radius 2 is 1.59 bits per heavy atom. The van der Waals surface area contributed by atoms with Crippen LogP contribution in [-0.4, -0.2) is 37.2 Å². The molecule has 1 aliphatic carbocycles. The van der Waals surface area contributed by atoms with Crippen LogP contribution in [0.1, 0.15) is 47.9 Å². The number of hydrogen-bond donors (Lipinski definition) is 0. The van der Waals surface area contributed by atoms with Crippen molar-refractivity contribution in [2.75, 3.05) is 0 Å². The van der Waals surface area contributed by atoms with Crippen LogP contribution >= 0.6 is 0 Å². The highest BCUT2D eigenvalue weighted by atomic mass is 28.4. The van der Waals surface area contributed by atoms with Crippen LogP contribution in [-0.2, 0) is 4.43 Å². The molecule has 3 rings (SSSR count). The van der Waals surface area contributed by atoms with Crippen molar-refractivity contribution < 1.29 is 14.0 Å². The summed E-state index contributed by atoms with van der Waals surface area (Å²) >= 11 is 0. The van der Waals surface area contributed by atoms with Crippen molar-refractivity contribution in [1.29, 1.82) is 0 Å². The summed E-state index contributed by atoms with van der Waals surface area (Å²) in [6.45, 7) is 11.0. The van der Waals surface area contributed by atoms with E-state index in [9.17, 15) is 9.59 Å². The molecule has 1 aromatic carbocycles. The van der Waals surface area contributed by atoms with Crippen molar-refractivity contribution in [3.8, 4) is 0 Å². The van der Waals surface area contributed by atoms with Crippen LogP contribution in [0.25, 0.3) is 0 Å². The van der Waals surface area contributed by atoms with Crippen molar-refractivity contribution in [1.82, 2.24) is 4.90 Å². The molecule has 0 spiro atoms. The van der Waals surface area contributed by atoms with Gasteiger partial charge in [-0.1, -0.05) is 32.9 Å². The Bertz CT molecular complexity index is 613. The minimum absolute atomic E-state index is 0.00287. The molecule has 1 aliphatic heterocycles. The Labute approximate surface area is 132 Å². The number of benzene rings is 1. The van der Waals surface area contributed by atoms with Crippen molar-refractivity contribution in [3.05, 3.63) is 35.4 Å². The Hall–Kier alpha value is -1.46. The van der Waals surface area contributed by atoms with Gasteiger partial charge in [0.1, 0.15) is 0 Å². The molecule has 0 N–H and O–H groups in total. The summed E-state index contributed by atoms with van der Waals surface area (Å²) in [5, 5.41) is 0.127. The molecule has 5 heteroatoms. The lowest BCUT2D eigenvalue weighted by Crippen LogP contribution is -2.43. The summed E-state index contributed by atoms with van der Waals surface area (Å²) in [5.74, 6) is -0.348. The molecule has 4 nitrogen and oxygen atoms in total. The van der Waals surface area contributed by atoms with Gasteiger partial charge in [-0.15, -0.1) is 0 Å². The molecule has 0 radical (unpaired) electrons. The van der Waals surface area contributed by atoms with Crippen LogP contribution in [0.15, 0.2) is 24.3 Å². The fraction of sp³-hybridized carbons (Fsp3) is 0.529.